The SMILES string of the molecule is CN(C)C(=O)CO[C@@H]1COCC[C@H]1NC(=O)c1ccc2ccccc2c1O. The smallest absolute Gasteiger partial charge is 0.255 e. The molecule has 1 aliphatic heterocycles. The summed E-state index contributed by atoms with van der Waals surface area (Å²) >= 11 is 0. The summed E-state index contributed by atoms with van der Waals surface area (Å²) in [6, 6.07) is 10.5. The first kappa shape index (κ1) is 19.1. The highest BCUT2D eigenvalue weighted by atomic mass is 16.5. The van der Waals surface area contributed by atoms with E-state index in [-0.39, 0.29) is 35.8 Å². The molecule has 1 fully saturated rings. The number of nitrogens with zero attached hydrogens (tertiary/aromatic N) is 1. The molecule has 0 bridgehead atoms. The first-order valence-corrected chi connectivity index (χ1v) is 8.88. The number of phenols is 1. The van der Waals surface area contributed by atoms with Crippen molar-refractivity contribution in [2.45, 2.75) is 18.6 Å². The lowest BCUT2D eigenvalue weighted by Crippen LogP contribution is -2.50. The van der Waals surface area contributed by atoms with Crippen LogP contribution >= 0.6 is 0 Å². The van der Waals surface area contributed by atoms with Crippen molar-refractivity contribution in [3.05, 3.63) is 42.0 Å². The molecule has 0 saturated carbocycles. The number of carbonyl (C=O) groups is 2. The Morgan fingerprint density at radius 3 is 2.81 bits per heavy atom. The molecule has 1 saturated heterocycles. The lowest BCUT2D eigenvalue weighted by molar-refractivity contribution is -0.140. The van der Waals surface area contributed by atoms with Crippen molar-refractivity contribution in [1.29, 1.82) is 0 Å². The minimum absolute atomic E-state index is 0.0436. The van der Waals surface area contributed by atoms with Crippen LogP contribution in [-0.2, 0) is 14.3 Å². The second-order valence-corrected chi connectivity index (χ2v) is 6.76. The molecular formula is C20H24N2O5. The Bertz CT molecular complexity index is 836. The van der Waals surface area contributed by atoms with E-state index in [0.29, 0.717) is 25.0 Å². The Morgan fingerprint density at radius 1 is 1.26 bits per heavy atom. The average Bonchev–Trinajstić information content (AvgIpc) is 2.67. The van der Waals surface area contributed by atoms with Crippen molar-refractivity contribution >= 4 is 22.6 Å². The number of amides is 2. The Hall–Kier alpha value is -2.64. The van der Waals surface area contributed by atoms with Crippen LogP contribution in [0.5, 0.6) is 5.75 Å². The van der Waals surface area contributed by atoms with Gasteiger partial charge in [0.1, 0.15) is 18.5 Å². The number of rotatable bonds is 5. The number of fused-ring (bicyclic) bond motifs is 1. The van der Waals surface area contributed by atoms with Crippen LogP contribution in [0.2, 0.25) is 0 Å². The highest BCUT2D eigenvalue weighted by Gasteiger charge is 2.29. The molecule has 2 amide bonds. The predicted molar refractivity (Wildman–Crippen MR) is 101 cm³/mol. The fourth-order valence-corrected chi connectivity index (χ4v) is 3.03. The number of likely N-dealkylation sites (N-methyl/N-ethyl adjacent to an activating group) is 1. The lowest BCUT2D eigenvalue weighted by Gasteiger charge is -2.32. The maximum Gasteiger partial charge on any atom is 0.255 e. The molecule has 0 spiro atoms. The van der Waals surface area contributed by atoms with Gasteiger partial charge in [-0.15, -0.1) is 0 Å². The van der Waals surface area contributed by atoms with Gasteiger partial charge >= 0.3 is 0 Å². The highest BCUT2D eigenvalue weighted by Crippen LogP contribution is 2.28. The summed E-state index contributed by atoms with van der Waals surface area (Å²) in [6.45, 7) is 0.722. The van der Waals surface area contributed by atoms with E-state index < -0.39 is 6.10 Å². The molecule has 7 nitrogen and oxygen atoms in total. The molecule has 1 heterocycles. The largest absolute Gasteiger partial charge is 0.506 e. The first-order chi connectivity index (χ1) is 13.0. The van der Waals surface area contributed by atoms with Gasteiger partial charge in [-0.2, -0.15) is 0 Å². The summed E-state index contributed by atoms with van der Waals surface area (Å²) in [5.41, 5.74) is 0.211. The molecule has 0 radical (unpaired) electrons. The fourth-order valence-electron chi connectivity index (χ4n) is 3.03. The molecule has 2 atom stereocenters. The van der Waals surface area contributed by atoms with Gasteiger partial charge in [0.15, 0.2) is 0 Å². The topological polar surface area (TPSA) is 88.1 Å². The van der Waals surface area contributed by atoms with E-state index in [9.17, 15) is 14.7 Å². The van der Waals surface area contributed by atoms with Gasteiger partial charge in [-0.05, 0) is 17.9 Å². The lowest BCUT2D eigenvalue weighted by atomic mass is 10.0. The molecule has 0 aromatic heterocycles. The van der Waals surface area contributed by atoms with E-state index in [1.54, 1.807) is 32.3 Å². The third kappa shape index (κ3) is 4.37. The Balaban J connectivity index is 1.71. The van der Waals surface area contributed by atoms with E-state index in [4.69, 9.17) is 9.47 Å². The van der Waals surface area contributed by atoms with E-state index in [1.165, 1.54) is 4.90 Å². The van der Waals surface area contributed by atoms with Gasteiger partial charge in [-0.1, -0.05) is 30.3 Å². The van der Waals surface area contributed by atoms with Crippen LogP contribution in [0.1, 0.15) is 16.8 Å². The highest BCUT2D eigenvalue weighted by molar-refractivity contribution is 6.03. The first-order valence-electron chi connectivity index (χ1n) is 8.88. The molecule has 1 aliphatic rings. The van der Waals surface area contributed by atoms with Crippen molar-refractivity contribution in [3.63, 3.8) is 0 Å². The Labute approximate surface area is 157 Å². The maximum absolute atomic E-state index is 12.7. The van der Waals surface area contributed by atoms with Gasteiger partial charge in [0, 0.05) is 26.1 Å². The number of hydrogen-bond donors (Lipinski definition) is 2. The van der Waals surface area contributed by atoms with Gasteiger partial charge in [0.05, 0.1) is 18.2 Å². The summed E-state index contributed by atoms with van der Waals surface area (Å²) in [7, 11) is 3.32. The van der Waals surface area contributed by atoms with Gasteiger partial charge in [0.25, 0.3) is 5.91 Å². The third-order valence-electron chi connectivity index (χ3n) is 4.69. The van der Waals surface area contributed by atoms with E-state index in [0.717, 1.165) is 5.39 Å². The molecule has 27 heavy (non-hydrogen) atoms. The van der Waals surface area contributed by atoms with Crippen molar-refractivity contribution < 1.29 is 24.2 Å². The van der Waals surface area contributed by atoms with Gasteiger partial charge in [-0.25, -0.2) is 0 Å². The van der Waals surface area contributed by atoms with Crippen molar-refractivity contribution in [1.82, 2.24) is 10.2 Å². The van der Waals surface area contributed by atoms with Crippen LogP contribution in [0.3, 0.4) is 0 Å². The van der Waals surface area contributed by atoms with Gasteiger partial charge in [-0.3, -0.25) is 9.59 Å². The summed E-state index contributed by atoms with van der Waals surface area (Å²) in [4.78, 5) is 25.9. The fraction of sp³-hybridized carbons (Fsp3) is 0.400. The number of phenolic OH excluding ortho intramolecular Hbond substituents is 1. The van der Waals surface area contributed by atoms with Gasteiger partial charge < -0.3 is 24.8 Å². The zero-order chi connectivity index (χ0) is 19.4. The van der Waals surface area contributed by atoms with E-state index >= 15 is 0 Å². The monoisotopic (exact) mass is 372 g/mol. The number of carbonyl (C=O) groups excluding carboxylic acids is 2. The van der Waals surface area contributed by atoms with Crippen LogP contribution in [0.25, 0.3) is 10.8 Å². The van der Waals surface area contributed by atoms with Crippen molar-refractivity contribution in [2.24, 2.45) is 0 Å². The molecule has 0 unspecified atom stereocenters. The minimum atomic E-state index is -0.422. The molecule has 2 aromatic rings. The molecule has 0 aliphatic carbocycles. The van der Waals surface area contributed by atoms with Crippen LogP contribution in [0.15, 0.2) is 36.4 Å². The third-order valence-corrected chi connectivity index (χ3v) is 4.69. The summed E-state index contributed by atoms with van der Waals surface area (Å²) in [6.07, 6.45) is 0.148. The molecule has 2 aromatic carbocycles. The second kappa shape index (κ2) is 8.37. The maximum atomic E-state index is 12.7. The molecule has 7 heteroatoms. The zero-order valence-electron chi connectivity index (χ0n) is 15.5. The Kier molecular flexibility index (Phi) is 5.93. The van der Waals surface area contributed by atoms with Crippen LogP contribution in [0.4, 0.5) is 0 Å². The standard InChI is InChI=1S/C20H24N2O5/c1-22(2)18(23)12-27-17-11-26-10-9-16(17)21-20(25)15-8-7-13-5-3-4-6-14(13)19(15)24/h3-8,16-17,24H,9-12H2,1-2H3,(H,21,25)/t16-,17-/m1/s1. The Morgan fingerprint density at radius 2 is 2.04 bits per heavy atom. The summed E-state index contributed by atoms with van der Waals surface area (Å²) in [5, 5.41) is 14.9. The average molecular weight is 372 g/mol. The number of hydrogen-bond acceptors (Lipinski definition) is 5. The molecular weight excluding hydrogens is 348 g/mol. The number of ether oxygens (including phenoxy) is 2. The normalized spacial score (nSPS) is 19.6. The second-order valence-electron chi connectivity index (χ2n) is 6.76. The number of nitrogens with one attached hydrogen (secondary N) is 1. The van der Waals surface area contributed by atoms with Crippen LogP contribution < -0.4 is 5.32 Å². The minimum Gasteiger partial charge on any atom is -0.506 e. The summed E-state index contributed by atoms with van der Waals surface area (Å²) in [5.74, 6) is -0.576. The molecule has 144 valence electrons. The van der Waals surface area contributed by atoms with E-state index in [2.05, 4.69) is 5.32 Å². The molecule has 3 rings (SSSR count). The predicted octanol–water partition coefficient (Wildman–Crippen LogP) is 1.54. The van der Waals surface area contributed by atoms with Crippen molar-refractivity contribution in [2.75, 3.05) is 33.9 Å². The summed E-state index contributed by atoms with van der Waals surface area (Å²) < 4.78 is 11.1. The zero-order valence-corrected chi connectivity index (χ0v) is 15.5. The van der Waals surface area contributed by atoms with Crippen molar-refractivity contribution in [3.8, 4) is 5.75 Å². The molecule has 2 N–H and O–H groups in total. The van der Waals surface area contributed by atoms with E-state index in [1.807, 2.05) is 18.2 Å². The van der Waals surface area contributed by atoms with Gasteiger partial charge in [0.2, 0.25) is 5.91 Å². The number of benzene rings is 2. The number of aromatic hydroxyl groups is 1. The quantitative estimate of drug-likeness (QED) is 0.831. The van der Waals surface area contributed by atoms with Crippen LogP contribution in [0, 0.1) is 0 Å². The van der Waals surface area contributed by atoms with Crippen LogP contribution in [-0.4, -0.2) is 67.9 Å².